The molecule has 0 spiro atoms. The van der Waals surface area contributed by atoms with Gasteiger partial charge in [0.25, 0.3) is 0 Å². The summed E-state index contributed by atoms with van der Waals surface area (Å²) in [5, 5.41) is 0. The van der Waals surface area contributed by atoms with Crippen LogP contribution < -0.4 is 11.1 Å². The van der Waals surface area contributed by atoms with Crippen molar-refractivity contribution in [3.05, 3.63) is 99.1 Å². The SMILES string of the molecule is O=c1c(=O)n(-c2ccc(F)cc2)ccn1Cc1ccccc1. The van der Waals surface area contributed by atoms with Crippen molar-refractivity contribution in [2.45, 2.75) is 6.54 Å². The molecular weight excluding hydrogens is 283 g/mol. The van der Waals surface area contributed by atoms with E-state index in [2.05, 4.69) is 0 Å². The molecule has 0 aliphatic carbocycles. The molecule has 0 N–H and O–H groups in total. The molecule has 2 aromatic carbocycles. The lowest BCUT2D eigenvalue weighted by Gasteiger charge is -2.09. The van der Waals surface area contributed by atoms with Gasteiger partial charge in [-0.05, 0) is 29.8 Å². The van der Waals surface area contributed by atoms with Crippen molar-refractivity contribution in [1.82, 2.24) is 9.13 Å². The molecule has 0 saturated carbocycles. The minimum absolute atomic E-state index is 0.333. The molecule has 1 aromatic heterocycles. The first-order valence-corrected chi connectivity index (χ1v) is 6.77. The Hall–Kier alpha value is -2.95. The summed E-state index contributed by atoms with van der Waals surface area (Å²) in [6.07, 6.45) is 3.07. The van der Waals surface area contributed by atoms with Gasteiger partial charge in [0.15, 0.2) is 0 Å². The van der Waals surface area contributed by atoms with Gasteiger partial charge in [0.05, 0.1) is 6.54 Å². The Morgan fingerprint density at radius 3 is 2.18 bits per heavy atom. The van der Waals surface area contributed by atoms with Crippen LogP contribution in [-0.4, -0.2) is 9.13 Å². The standard InChI is InChI=1S/C17H13FN2O2/c18-14-6-8-15(9-7-14)20-11-10-19(16(21)17(20)22)12-13-4-2-1-3-5-13/h1-11H,12H2. The van der Waals surface area contributed by atoms with Crippen molar-refractivity contribution in [2.75, 3.05) is 0 Å². The lowest BCUT2D eigenvalue weighted by atomic mass is 10.2. The van der Waals surface area contributed by atoms with Crippen LogP contribution in [0.5, 0.6) is 0 Å². The van der Waals surface area contributed by atoms with Crippen LogP contribution in [0.1, 0.15) is 5.56 Å². The van der Waals surface area contributed by atoms with E-state index in [-0.39, 0.29) is 0 Å². The molecule has 22 heavy (non-hydrogen) atoms. The molecule has 0 bridgehead atoms. The van der Waals surface area contributed by atoms with Crippen LogP contribution >= 0.6 is 0 Å². The zero-order valence-corrected chi connectivity index (χ0v) is 11.6. The van der Waals surface area contributed by atoms with Crippen LogP contribution in [0.25, 0.3) is 5.69 Å². The van der Waals surface area contributed by atoms with Gasteiger partial charge in [-0.25, -0.2) is 4.39 Å². The lowest BCUT2D eigenvalue weighted by molar-refractivity contribution is 0.627. The van der Waals surface area contributed by atoms with E-state index in [1.165, 1.54) is 39.6 Å². The smallest absolute Gasteiger partial charge is 0.305 e. The van der Waals surface area contributed by atoms with E-state index >= 15 is 0 Å². The first-order chi connectivity index (χ1) is 10.6. The van der Waals surface area contributed by atoms with Crippen LogP contribution in [0.2, 0.25) is 0 Å². The van der Waals surface area contributed by atoms with E-state index in [1.54, 1.807) is 6.20 Å². The highest BCUT2D eigenvalue weighted by Crippen LogP contribution is 2.06. The summed E-state index contributed by atoms with van der Waals surface area (Å²) < 4.78 is 15.5. The van der Waals surface area contributed by atoms with Gasteiger partial charge in [-0.15, -0.1) is 0 Å². The molecule has 0 aliphatic heterocycles. The van der Waals surface area contributed by atoms with Crippen LogP contribution in [0.3, 0.4) is 0 Å². The molecule has 3 rings (SSSR count). The maximum absolute atomic E-state index is 12.9. The zero-order valence-electron chi connectivity index (χ0n) is 11.6. The van der Waals surface area contributed by atoms with Crippen LogP contribution in [0.15, 0.2) is 76.6 Å². The van der Waals surface area contributed by atoms with E-state index in [0.29, 0.717) is 12.2 Å². The summed E-state index contributed by atoms with van der Waals surface area (Å²) >= 11 is 0. The van der Waals surface area contributed by atoms with Crippen molar-refractivity contribution in [3.63, 3.8) is 0 Å². The molecule has 0 amide bonds. The molecular formula is C17H13FN2O2. The van der Waals surface area contributed by atoms with Crippen LogP contribution in [0.4, 0.5) is 4.39 Å². The Morgan fingerprint density at radius 1 is 0.818 bits per heavy atom. The Morgan fingerprint density at radius 2 is 1.50 bits per heavy atom. The van der Waals surface area contributed by atoms with E-state index < -0.39 is 16.9 Å². The summed E-state index contributed by atoms with van der Waals surface area (Å²) in [6, 6.07) is 14.8. The largest absolute Gasteiger partial charge is 0.320 e. The number of halogens is 1. The topological polar surface area (TPSA) is 44.0 Å². The van der Waals surface area contributed by atoms with Gasteiger partial charge < -0.3 is 4.57 Å². The number of benzene rings is 2. The van der Waals surface area contributed by atoms with Crippen molar-refractivity contribution in [3.8, 4) is 5.69 Å². The second kappa shape index (κ2) is 5.81. The lowest BCUT2D eigenvalue weighted by Crippen LogP contribution is -2.40. The summed E-state index contributed by atoms with van der Waals surface area (Å²) in [6.45, 7) is 0.333. The fraction of sp³-hybridized carbons (Fsp3) is 0.0588. The second-order valence-corrected chi connectivity index (χ2v) is 4.87. The molecule has 0 unspecified atom stereocenters. The highest BCUT2D eigenvalue weighted by Gasteiger charge is 2.07. The maximum Gasteiger partial charge on any atom is 0.320 e. The third kappa shape index (κ3) is 2.74. The van der Waals surface area contributed by atoms with Gasteiger partial charge in [0, 0.05) is 18.1 Å². The average molecular weight is 296 g/mol. The molecule has 5 heteroatoms. The van der Waals surface area contributed by atoms with Crippen molar-refractivity contribution in [2.24, 2.45) is 0 Å². The number of rotatable bonds is 3. The van der Waals surface area contributed by atoms with Gasteiger partial charge >= 0.3 is 11.1 Å². The molecule has 0 fully saturated rings. The number of hydrogen-bond acceptors (Lipinski definition) is 2. The second-order valence-electron chi connectivity index (χ2n) is 4.87. The molecule has 0 atom stereocenters. The Bertz CT molecular complexity index is 896. The molecule has 110 valence electrons. The van der Waals surface area contributed by atoms with E-state index in [1.807, 2.05) is 30.3 Å². The Kier molecular flexibility index (Phi) is 3.70. The molecule has 3 aromatic rings. The molecule has 0 radical (unpaired) electrons. The van der Waals surface area contributed by atoms with E-state index in [0.717, 1.165) is 5.56 Å². The Labute approximate surface area is 125 Å². The fourth-order valence-electron chi connectivity index (χ4n) is 2.22. The van der Waals surface area contributed by atoms with E-state index in [4.69, 9.17) is 0 Å². The molecule has 4 nitrogen and oxygen atoms in total. The third-order valence-electron chi connectivity index (χ3n) is 3.36. The maximum atomic E-state index is 12.9. The number of hydrogen-bond donors (Lipinski definition) is 0. The van der Waals surface area contributed by atoms with E-state index in [9.17, 15) is 14.0 Å². The van der Waals surface area contributed by atoms with Gasteiger partial charge in [0.2, 0.25) is 0 Å². The Balaban J connectivity index is 2.00. The summed E-state index contributed by atoms with van der Waals surface area (Å²) in [5.41, 5.74) is 0.111. The van der Waals surface area contributed by atoms with Gasteiger partial charge in [0.1, 0.15) is 5.82 Å². The average Bonchev–Trinajstić information content (AvgIpc) is 2.54. The predicted molar refractivity (Wildman–Crippen MR) is 81.8 cm³/mol. The number of nitrogens with zero attached hydrogens (tertiary/aromatic N) is 2. The minimum atomic E-state index is -0.662. The molecule has 0 aliphatic rings. The highest BCUT2D eigenvalue weighted by atomic mass is 19.1. The summed E-state index contributed by atoms with van der Waals surface area (Å²) in [5.74, 6) is -0.394. The third-order valence-corrected chi connectivity index (χ3v) is 3.36. The van der Waals surface area contributed by atoms with Crippen LogP contribution in [0, 0.1) is 5.82 Å². The van der Waals surface area contributed by atoms with Crippen LogP contribution in [-0.2, 0) is 6.54 Å². The molecule has 0 saturated heterocycles. The highest BCUT2D eigenvalue weighted by molar-refractivity contribution is 5.31. The first kappa shape index (κ1) is 14.0. The summed E-state index contributed by atoms with van der Waals surface area (Å²) in [7, 11) is 0. The predicted octanol–water partition coefficient (Wildman–Crippen LogP) is 2.19. The fourth-order valence-corrected chi connectivity index (χ4v) is 2.22. The van der Waals surface area contributed by atoms with Crippen molar-refractivity contribution in [1.29, 1.82) is 0 Å². The summed E-state index contributed by atoms with van der Waals surface area (Å²) in [4.78, 5) is 24.4. The first-order valence-electron chi connectivity index (χ1n) is 6.77. The quantitative estimate of drug-likeness (QED) is 0.695. The molecule has 1 heterocycles. The minimum Gasteiger partial charge on any atom is -0.305 e. The monoisotopic (exact) mass is 296 g/mol. The number of aromatic nitrogens is 2. The van der Waals surface area contributed by atoms with Gasteiger partial charge in [-0.2, -0.15) is 0 Å². The van der Waals surface area contributed by atoms with Crippen molar-refractivity contribution >= 4 is 0 Å². The van der Waals surface area contributed by atoms with Gasteiger partial charge in [-0.3, -0.25) is 14.2 Å². The normalized spacial score (nSPS) is 10.6. The van der Waals surface area contributed by atoms with Gasteiger partial charge in [-0.1, -0.05) is 30.3 Å². The van der Waals surface area contributed by atoms with Crippen molar-refractivity contribution < 1.29 is 4.39 Å². The zero-order chi connectivity index (χ0) is 15.5.